The fourth-order valence-corrected chi connectivity index (χ4v) is 2.67. The molecular weight excluding hydrogens is 361 g/mol. The predicted molar refractivity (Wildman–Crippen MR) is 93.6 cm³/mol. The van der Waals surface area contributed by atoms with Crippen molar-refractivity contribution in [3.63, 3.8) is 0 Å². The molecule has 23 heavy (non-hydrogen) atoms. The van der Waals surface area contributed by atoms with Crippen LogP contribution >= 0.6 is 15.9 Å². The molecule has 0 spiro atoms. The van der Waals surface area contributed by atoms with Gasteiger partial charge in [-0.1, -0.05) is 28.1 Å². The Balaban J connectivity index is 1.72. The van der Waals surface area contributed by atoms with Crippen LogP contribution in [0.3, 0.4) is 0 Å². The van der Waals surface area contributed by atoms with Gasteiger partial charge >= 0.3 is 0 Å². The van der Waals surface area contributed by atoms with Crippen molar-refractivity contribution < 1.29 is 13.9 Å². The van der Waals surface area contributed by atoms with E-state index in [-0.39, 0.29) is 11.9 Å². The van der Waals surface area contributed by atoms with Crippen LogP contribution in [0.5, 0.6) is 11.5 Å². The molecule has 0 saturated heterocycles. The summed E-state index contributed by atoms with van der Waals surface area (Å²) in [4.78, 5) is 0. The lowest BCUT2D eigenvalue weighted by atomic mass is 10.1. The van der Waals surface area contributed by atoms with E-state index in [1.807, 2.05) is 18.2 Å². The third-order valence-electron chi connectivity index (χ3n) is 3.47. The van der Waals surface area contributed by atoms with Crippen LogP contribution in [-0.4, -0.2) is 20.3 Å². The summed E-state index contributed by atoms with van der Waals surface area (Å²) in [5.74, 6) is 1.09. The van der Waals surface area contributed by atoms with Gasteiger partial charge in [0, 0.05) is 16.6 Å². The fourth-order valence-electron chi connectivity index (χ4n) is 2.22. The quantitative estimate of drug-likeness (QED) is 0.671. The smallest absolute Gasteiger partial charge is 0.128 e. The standard InChI is InChI=1S/C18H21BrFNO2/c1-13(14-5-3-6-17(9-14)22-2)21-7-4-8-23-18-11-15(19)10-16(20)12-18/h3,5-6,9-13,21H,4,7-8H2,1-2H3/t13-/m1/s1. The Kier molecular flexibility index (Phi) is 6.86. The molecule has 0 radical (unpaired) electrons. The molecular formula is C18H21BrFNO2. The van der Waals surface area contributed by atoms with Crippen LogP contribution in [0.1, 0.15) is 24.9 Å². The van der Waals surface area contributed by atoms with Gasteiger partial charge in [0.15, 0.2) is 0 Å². The maximum absolute atomic E-state index is 13.2. The molecule has 3 nitrogen and oxygen atoms in total. The van der Waals surface area contributed by atoms with Gasteiger partial charge in [0.25, 0.3) is 0 Å². The Hall–Kier alpha value is -1.59. The lowest BCUT2D eigenvalue weighted by molar-refractivity contribution is 0.304. The molecule has 124 valence electrons. The van der Waals surface area contributed by atoms with Gasteiger partial charge in [-0.15, -0.1) is 0 Å². The summed E-state index contributed by atoms with van der Waals surface area (Å²) in [7, 11) is 1.67. The third kappa shape index (κ3) is 5.84. The van der Waals surface area contributed by atoms with E-state index in [1.54, 1.807) is 13.2 Å². The van der Waals surface area contributed by atoms with Crippen LogP contribution in [0.25, 0.3) is 0 Å². The molecule has 5 heteroatoms. The molecule has 0 heterocycles. The molecule has 1 atom stereocenters. The number of ether oxygens (including phenoxy) is 2. The molecule has 0 aromatic heterocycles. The zero-order chi connectivity index (χ0) is 16.7. The maximum Gasteiger partial charge on any atom is 0.128 e. The van der Waals surface area contributed by atoms with Crippen molar-refractivity contribution in [2.45, 2.75) is 19.4 Å². The lowest BCUT2D eigenvalue weighted by Gasteiger charge is -2.15. The highest BCUT2D eigenvalue weighted by molar-refractivity contribution is 9.10. The molecule has 0 saturated carbocycles. The van der Waals surface area contributed by atoms with E-state index >= 15 is 0 Å². The summed E-state index contributed by atoms with van der Waals surface area (Å²) in [6.07, 6.45) is 0.836. The molecule has 0 amide bonds. The number of halogens is 2. The summed E-state index contributed by atoms with van der Waals surface area (Å²) in [6, 6.07) is 12.8. The van der Waals surface area contributed by atoms with Crippen molar-refractivity contribution in [3.05, 3.63) is 58.3 Å². The van der Waals surface area contributed by atoms with Crippen LogP contribution < -0.4 is 14.8 Å². The van der Waals surface area contributed by atoms with E-state index in [1.165, 1.54) is 17.7 Å². The number of nitrogens with one attached hydrogen (secondary N) is 1. The third-order valence-corrected chi connectivity index (χ3v) is 3.93. The van der Waals surface area contributed by atoms with Crippen LogP contribution in [0.2, 0.25) is 0 Å². The lowest BCUT2D eigenvalue weighted by Crippen LogP contribution is -2.21. The number of hydrogen-bond acceptors (Lipinski definition) is 3. The van der Waals surface area contributed by atoms with Crippen LogP contribution in [0.4, 0.5) is 4.39 Å². The van der Waals surface area contributed by atoms with E-state index in [0.717, 1.165) is 18.7 Å². The topological polar surface area (TPSA) is 30.5 Å². The van der Waals surface area contributed by atoms with Gasteiger partial charge in [0.2, 0.25) is 0 Å². The first-order valence-electron chi connectivity index (χ1n) is 7.54. The summed E-state index contributed by atoms with van der Waals surface area (Å²) >= 11 is 3.25. The molecule has 2 rings (SSSR count). The fraction of sp³-hybridized carbons (Fsp3) is 0.333. The average molecular weight is 382 g/mol. The number of rotatable bonds is 8. The first-order valence-corrected chi connectivity index (χ1v) is 8.34. The van der Waals surface area contributed by atoms with E-state index in [9.17, 15) is 4.39 Å². The minimum Gasteiger partial charge on any atom is -0.497 e. The molecule has 1 N–H and O–H groups in total. The van der Waals surface area contributed by atoms with Gasteiger partial charge < -0.3 is 14.8 Å². The monoisotopic (exact) mass is 381 g/mol. The van der Waals surface area contributed by atoms with Crippen molar-refractivity contribution in [1.82, 2.24) is 5.32 Å². The van der Waals surface area contributed by atoms with E-state index < -0.39 is 0 Å². The highest BCUT2D eigenvalue weighted by Crippen LogP contribution is 2.21. The highest BCUT2D eigenvalue weighted by atomic mass is 79.9. The minimum atomic E-state index is -0.306. The normalized spacial score (nSPS) is 12.0. The second kappa shape index (κ2) is 8.89. The van der Waals surface area contributed by atoms with E-state index in [0.29, 0.717) is 16.8 Å². The van der Waals surface area contributed by atoms with Gasteiger partial charge in [-0.05, 0) is 49.7 Å². The molecule has 0 unspecified atom stereocenters. The number of methoxy groups -OCH3 is 1. The van der Waals surface area contributed by atoms with Crippen molar-refractivity contribution in [2.24, 2.45) is 0 Å². The summed E-state index contributed by atoms with van der Waals surface area (Å²) in [5.41, 5.74) is 1.18. The molecule has 0 fully saturated rings. The predicted octanol–water partition coefficient (Wildman–Crippen LogP) is 4.72. The maximum atomic E-state index is 13.2. The van der Waals surface area contributed by atoms with Gasteiger partial charge in [-0.3, -0.25) is 0 Å². The first kappa shape index (κ1) is 17.8. The molecule has 0 aliphatic rings. The molecule has 0 bridgehead atoms. The Morgan fingerprint density at radius 3 is 2.74 bits per heavy atom. The van der Waals surface area contributed by atoms with Gasteiger partial charge in [0.1, 0.15) is 17.3 Å². The minimum absolute atomic E-state index is 0.230. The van der Waals surface area contributed by atoms with Gasteiger partial charge in [0.05, 0.1) is 13.7 Å². The second-order valence-corrected chi connectivity index (χ2v) is 6.18. The molecule has 0 aliphatic heterocycles. The summed E-state index contributed by atoms with van der Waals surface area (Å²) < 4.78 is 24.7. The van der Waals surface area contributed by atoms with Crippen LogP contribution in [-0.2, 0) is 0 Å². The van der Waals surface area contributed by atoms with Crippen molar-refractivity contribution >= 4 is 15.9 Å². The van der Waals surface area contributed by atoms with Gasteiger partial charge in [-0.2, -0.15) is 0 Å². The van der Waals surface area contributed by atoms with Crippen molar-refractivity contribution in [2.75, 3.05) is 20.3 Å². The van der Waals surface area contributed by atoms with Crippen molar-refractivity contribution in [1.29, 1.82) is 0 Å². The van der Waals surface area contributed by atoms with E-state index in [2.05, 4.69) is 34.2 Å². The number of benzene rings is 2. The number of hydrogen-bond donors (Lipinski definition) is 1. The zero-order valence-corrected chi connectivity index (χ0v) is 14.9. The molecule has 2 aromatic carbocycles. The highest BCUT2D eigenvalue weighted by Gasteiger charge is 2.05. The molecule has 2 aromatic rings. The summed E-state index contributed by atoms with van der Waals surface area (Å²) in [6.45, 7) is 3.46. The Morgan fingerprint density at radius 2 is 2.00 bits per heavy atom. The Bertz CT molecular complexity index is 616. The van der Waals surface area contributed by atoms with Crippen molar-refractivity contribution in [3.8, 4) is 11.5 Å². The van der Waals surface area contributed by atoms with Crippen LogP contribution in [0, 0.1) is 5.82 Å². The zero-order valence-electron chi connectivity index (χ0n) is 13.3. The summed E-state index contributed by atoms with van der Waals surface area (Å²) in [5, 5.41) is 3.44. The van der Waals surface area contributed by atoms with E-state index in [4.69, 9.17) is 9.47 Å². The largest absolute Gasteiger partial charge is 0.497 e. The second-order valence-electron chi connectivity index (χ2n) is 5.26. The SMILES string of the molecule is COc1cccc([C@@H](C)NCCCOc2cc(F)cc(Br)c2)c1. The Labute approximate surface area is 144 Å². The molecule has 0 aliphatic carbocycles. The average Bonchev–Trinajstić information content (AvgIpc) is 2.53. The van der Waals surface area contributed by atoms with Crippen LogP contribution in [0.15, 0.2) is 46.9 Å². The Morgan fingerprint density at radius 1 is 1.17 bits per heavy atom. The first-order chi connectivity index (χ1) is 11.1. The van der Waals surface area contributed by atoms with Gasteiger partial charge in [-0.25, -0.2) is 4.39 Å².